The van der Waals surface area contributed by atoms with E-state index < -0.39 is 0 Å². The largest absolute Gasteiger partial charge is 0.465 e. The lowest BCUT2D eigenvalue weighted by Gasteiger charge is -2.17. The highest BCUT2D eigenvalue weighted by Gasteiger charge is 2.33. The number of carbonyl (C=O) groups excluding carboxylic acids is 1. The number of hydrogen-bond donors (Lipinski definition) is 0. The van der Waals surface area contributed by atoms with Crippen LogP contribution in [-0.2, 0) is 4.79 Å². The number of furan rings is 1. The van der Waals surface area contributed by atoms with E-state index in [1.807, 2.05) is 60.7 Å². The summed E-state index contributed by atoms with van der Waals surface area (Å²) >= 11 is 0. The van der Waals surface area contributed by atoms with Gasteiger partial charge in [-0.3, -0.25) is 4.79 Å². The average molecular weight is 330 g/mol. The van der Waals surface area contributed by atoms with Crippen molar-refractivity contribution in [3.63, 3.8) is 0 Å². The SMILES string of the molecule is O=C1/C(=C/c2ccco2)N=C(Oc2ccccc2)N1c1ccccc1. The number of benzene rings is 2. The summed E-state index contributed by atoms with van der Waals surface area (Å²) in [5.41, 5.74) is 0.940. The van der Waals surface area contributed by atoms with Crippen LogP contribution in [0.2, 0.25) is 0 Å². The molecule has 5 heteroatoms. The van der Waals surface area contributed by atoms with Crippen LogP contribution >= 0.6 is 0 Å². The molecule has 1 amide bonds. The third-order valence-corrected chi connectivity index (χ3v) is 3.62. The molecule has 0 bridgehead atoms. The van der Waals surface area contributed by atoms with E-state index >= 15 is 0 Å². The molecule has 0 radical (unpaired) electrons. The number of hydrogen-bond acceptors (Lipinski definition) is 4. The number of rotatable bonds is 3. The van der Waals surface area contributed by atoms with Gasteiger partial charge in [0.25, 0.3) is 5.91 Å². The molecule has 0 aliphatic carbocycles. The van der Waals surface area contributed by atoms with Crippen LogP contribution in [0.1, 0.15) is 5.76 Å². The number of amidine groups is 1. The van der Waals surface area contributed by atoms with E-state index in [1.165, 1.54) is 4.90 Å². The molecule has 3 aromatic rings. The lowest BCUT2D eigenvalue weighted by Crippen LogP contribution is -2.35. The van der Waals surface area contributed by atoms with Crippen molar-refractivity contribution in [2.75, 3.05) is 4.90 Å². The summed E-state index contributed by atoms with van der Waals surface area (Å²) in [4.78, 5) is 18.7. The van der Waals surface area contributed by atoms with Crippen molar-refractivity contribution in [1.29, 1.82) is 0 Å². The molecule has 0 saturated carbocycles. The lowest BCUT2D eigenvalue weighted by atomic mass is 10.2. The van der Waals surface area contributed by atoms with E-state index in [1.54, 1.807) is 24.5 Å². The second-order valence-corrected chi connectivity index (χ2v) is 5.33. The number of para-hydroxylation sites is 2. The van der Waals surface area contributed by atoms with Gasteiger partial charge in [-0.25, -0.2) is 4.90 Å². The lowest BCUT2D eigenvalue weighted by molar-refractivity contribution is -0.113. The maximum Gasteiger partial charge on any atom is 0.310 e. The van der Waals surface area contributed by atoms with Gasteiger partial charge in [-0.15, -0.1) is 0 Å². The molecular formula is C20H14N2O3. The number of ether oxygens (including phenoxy) is 1. The Morgan fingerprint density at radius 2 is 1.64 bits per heavy atom. The van der Waals surface area contributed by atoms with E-state index in [2.05, 4.69) is 4.99 Å². The molecule has 1 aliphatic heterocycles. The van der Waals surface area contributed by atoms with Crippen LogP contribution in [0.25, 0.3) is 6.08 Å². The van der Waals surface area contributed by atoms with E-state index in [4.69, 9.17) is 9.15 Å². The summed E-state index contributed by atoms with van der Waals surface area (Å²) in [6, 6.07) is 22.2. The van der Waals surface area contributed by atoms with Gasteiger partial charge in [0, 0.05) is 6.08 Å². The Morgan fingerprint density at radius 3 is 2.32 bits per heavy atom. The maximum absolute atomic E-state index is 12.9. The zero-order valence-electron chi connectivity index (χ0n) is 13.2. The fourth-order valence-electron chi connectivity index (χ4n) is 2.47. The van der Waals surface area contributed by atoms with Crippen molar-refractivity contribution in [2.45, 2.75) is 0 Å². The predicted octanol–water partition coefficient (Wildman–Crippen LogP) is 4.10. The summed E-state index contributed by atoms with van der Waals surface area (Å²) in [5.74, 6) is 0.892. The van der Waals surface area contributed by atoms with Gasteiger partial charge in [0.05, 0.1) is 12.0 Å². The Kier molecular flexibility index (Phi) is 3.88. The van der Waals surface area contributed by atoms with Crippen molar-refractivity contribution in [3.8, 4) is 5.75 Å². The Balaban J connectivity index is 1.73. The van der Waals surface area contributed by atoms with Gasteiger partial charge in [-0.1, -0.05) is 36.4 Å². The van der Waals surface area contributed by atoms with E-state index in [0.717, 1.165) is 0 Å². The quantitative estimate of drug-likeness (QED) is 0.679. The first-order valence-corrected chi connectivity index (χ1v) is 7.77. The Morgan fingerprint density at radius 1 is 0.920 bits per heavy atom. The minimum atomic E-state index is -0.270. The van der Waals surface area contributed by atoms with Crippen LogP contribution in [0.5, 0.6) is 5.75 Å². The summed E-state index contributed by atoms with van der Waals surface area (Å²) in [5, 5.41) is 0. The van der Waals surface area contributed by atoms with Crippen LogP contribution < -0.4 is 9.64 Å². The molecule has 0 N–H and O–H groups in total. The molecule has 0 saturated heterocycles. The molecule has 25 heavy (non-hydrogen) atoms. The molecule has 2 aromatic carbocycles. The zero-order chi connectivity index (χ0) is 17.1. The van der Waals surface area contributed by atoms with Gasteiger partial charge in [0.15, 0.2) is 0 Å². The number of amides is 1. The highest BCUT2D eigenvalue weighted by Crippen LogP contribution is 2.26. The topological polar surface area (TPSA) is 55.0 Å². The normalized spacial score (nSPS) is 15.5. The Hall–Kier alpha value is -3.60. The zero-order valence-corrected chi connectivity index (χ0v) is 13.2. The van der Waals surface area contributed by atoms with Crippen LogP contribution in [0.4, 0.5) is 5.69 Å². The smallest absolute Gasteiger partial charge is 0.310 e. The van der Waals surface area contributed by atoms with E-state index in [-0.39, 0.29) is 17.6 Å². The summed E-state index contributed by atoms with van der Waals surface area (Å²) in [7, 11) is 0. The van der Waals surface area contributed by atoms with Crippen LogP contribution in [0, 0.1) is 0 Å². The van der Waals surface area contributed by atoms with Crippen molar-refractivity contribution in [3.05, 3.63) is 90.5 Å². The monoisotopic (exact) mass is 330 g/mol. The number of carbonyl (C=O) groups is 1. The maximum atomic E-state index is 12.9. The molecular weight excluding hydrogens is 316 g/mol. The minimum absolute atomic E-state index is 0.209. The Labute approximate surface area is 144 Å². The number of anilines is 1. The molecule has 1 aromatic heterocycles. The molecule has 0 fully saturated rings. The highest BCUT2D eigenvalue weighted by atomic mass is 16.5. The summed E-state index contributed by atoms with van der Waals surface area (Å²) in [6.45, 7) is 0. The van der Waals surface area contributed by atoms with E-state index in [9.17, 15) is 4.79 Å². The van der Waals surface area contributed by atoms with Crippen molar-refractivity contribution >= 4 is 23.7 Å². The van der Waals surface area contributed by atoms with Crippen molar-refractivity contribution in [1.82, 2.24) is 0 Å². The number of aliphatic imine (C=N–C) groups is 1. The standard InChI is InChI=1S/C20H14N2O3/c23-19-18(14-17-12-7-13-24-17)21-20(25-16-10-5-2-6-11-16)22(19)15-8-3-1-4-9-15/h1-14H/b18-14-. The second kappa shape index (κ2) is 6.49. The van der Waals surface area contributed by atoms with Crippen LogP contribution in [-0.4, -0.2) is 11.9 Å². The van der Waals surface area contributed by atoms with Crippen LogP contribution in [0.3, 0.4) is 0 Å². The average Bonchev–Trinajstić information content (AvgIpc) is 3.26. The van der Waals surface area contributed by atoms with Gasteiger partial charge >= 0.3 is 6.02 Å². The van der Waals surface area contributed by atoms with Crippen molar-refractivity contribution in [2.24, 2.45) is 4.99 Å². The van der Waals surface area contributed by atoms with Gasteiger partial charge < -0.3 is 9.15 Å². The molecule has 5 nitrogen and oxygen atoms in total. The van der Waals surface area contributed by atoms with Crippen LogP contribution in [0.15, 0.2) is 94.2 Å². The minimum Gasteiger partial charge on any atom is -0.465 e. The third kappa shape index (κ3) is 3.07. The first-order valence-electron chi connectivity index (χ1n) is 7.77. The fourth-order valence-corrected chi connectivity index (χ4v) is 2.47. The summed E-state index contributed by atoms with van der Waals surface area (Å²) in [6.07, 6.45) is 3.14. The molecule has 122 valence electrons. The molecule has 0 spiro atoms. The molecule has 1 aliphatic rings. The number of nitrogens with zero attached hydrogens (tertiary/aromatic N) is 2. The molecule has 2 heterocycles. The fraction of sp³-hybridized carbons (Fsp3) is 0. The van der Waals surface area contributed by atoms with Gasteiger partial charge in [-0.2, -0.15) is 4.99 Å². The molecule has 0 unspecified atom stereocenters. The Bertz CT molecular complexity index is 930. The van der Waals surface area contributed by atoms with Crippen molar-refractivity contribution < 1.29 is 13.9 Å². The second-order valence-electron chi connectivity index (χ2n) is 5.33. The van der Waals surface area contributed by atoms with Gasteiger partial charge in [0.1, 0.15) is 17.2 Å². The van der Waals surface area contributed by atoms with E-state index in [0.29, 0.717) is 17.2 Å². The molecule has 4 rings (SSSR count). The third-order valence-electron chi connectivity index (χ3n) is 3.62. The first kappa shape index (κ1) is 15.0. The highest BCUT2D eigenvalue weighted by molar-refractivity contribution is 6.26. The predicted molar refractivity (Wildman–Crippen MR) is 95.1 cm³/mol. The first-order chi connectivity index (χ1) is 12.3. The molecule has 0 atom stereocenters. The summed E-state index contributed by atoms with van der Waals surface area (Å²) < 4.78 is 11.1. The van der Waals surface area contributed by atoms with Gasteiger partial charge in [0.2, 0.25) is 0 Å². The van der Waals surface area contributed by atoms with Gasteiger partial charge in [-0.05, 0) is 36.4 Å².